The molecule has 106 valence electrons. The summed E-state index contributed by atoms with van der Waals surface area (Å²) in [6.07, 6.45) is 0. The van der Waals surface area contributed by atoms with Crippen molar-refractivity contribution in [3.63, 3.8) is 0 Å². The predicted octanol–water partition coefficient (Wildman–Crippen LogP) is 4.65. The van der Waals surface area contributed by atoms with Gasteiger partial charge in [0.2, 0.25) is 0 Å². The van der Waals surface area contributed by atoms with Crippen molar-refractivity contribution in [2.75, 3.05) is 0 Å². The van der Waals surface area contributed by atoms with Crippen LogP contribution in [0.15, 0.2) is 66.0 Å². The molecule has 1 N–H and O–H groups in total. The maximum Gasteiger partial charge on any atom is 0.149 e. The minimum absolute atomic E-state index is 0.902. The van der Waals surface area contributed by atoms with Crippen molar-refractivity contribution in [2.24, 2.45) is 0 Å². The molecule has 1 aromatic heterocycles. The second kappa shape index (κ2) is 5.47. The van der Waals surface area contributed by atoms with Crippen LogP contribution in [-0.2, 0) is 5.60 Å². The van der Waals surface area contributed by atoms with Crippen LogP contribution in [0.4, 0.5) is 0 Å². The molecule has 2 heteroatoms. The van der Waals surface area contributed by atoms with Gasteiger partial charge in [0.1, 0.15) is 5.60 Å². The molecule has 0 unspecified atom stereocenters. The molecule has 3 aromatic rings. The maximum atomic E-state index is 11.5. The average molecular weight is 294 g/mol. The van der Waals surface area contributed by atoms with E-state index in [2.05, 4.69) is 13.8 Å². The zero-order valence-electron chi connectivity index (χ0n) is 12.2. The van der Waals surface area contributed by atoms with E-state index in [-0.39, 0.29) is 0 Å². The lowest BCUT2D eigenvalue weighted by Gasteiger charge is -2.28. The molecule has 0 saturated heterocycles. The van der Waals surface area contributed by atoms with E-state index in [1.54, 1.807) is 11.3 Å². The number of thiophene rings is 1. The van der Waals surface area contributed by atoms with Crippen LogP contribution in [0.5, 0.6) is 0 Å². The van der Waals surface area contributed by atoms with Gasteiger partial charge in [0.05, 0.1) is 0 Å². The summed E-state index contributed by atoms with van der Waals surface area (Å²) in [4.78, 5) is 0.940. The molecule has 3 rings (SSSR count). The molecule has 1 nitrogen and oxygen atoms in total. The van der Waals surface area contributed by atoms with E-state index in [0.717, 1.165) is 16.0 Å². The Morgan fingerprint density at radius 3 is 1.62 bits per heavy atom. The minimum Gasteiger partial charge on any atom is -0.375 e. The Balaban J connectivity index is 2.20. The second-order valence-electron chi connectivity index (χ2n) is 5.42. The van der Waals surface area contributed by atoms with Crippen LogP contribution in [0.1, 0.15) is 27.1 Å². The Hall–Kier alpha value is -1.90. The molecule has 21 heavy (non-hydrogen) atoms. The smallest absolute Gasteiger partial charge is 0.149 e. The Morgan fingerprint density at radius 2 is 1.24 bits per heavy atom. The van der Waals surface area contributed by atoms with Crippen molar-refractivity contribution in [3.05, 3.63) is 93.2 Å². The third kappa shape index (κ3) is 2.53. The maximum absolute atomic E-state index is 11.5. The molecular weight excluding hydrogens is 276 g/mol. The Labute approximate surface area is 129 Å². The fourth-order valence-corrected chi connectivity index (χ4v) is 3.39. The summed E-state index contributed by atoms with van der Waals surface area (Å²) in [7, 11) is 0. The molecule has 0 radical (unpaired) electrons. The fraction of sp³-hybridized carbons (Fsp3) is 0.158. The highest BCUT2D eigenvalue weighted by molar-refractivity contribution is 7.10. The van der Waals surface area contributed by atoms with Crippen molar-refractivity contribution >= 4 is 11.3 Å². The second-order valence-corrected chi connectivity index (χ2v) is 6.37. The van der Waals surface area contributed by atoms with Gasteiger partial charge in [0.25, 0.3) is 0 Å². The number of rotatable bonds is 3. The quantitative estimate of drug-likeness (QED) is 0.745. The standard InChI is InChI=1S/C19H18OS/c1-14-5-9-16(10-6-14)19(20,18-4-3-13-21-18)17-11-7-15(2)8-12-17/h3-13,20H,1-2H3. The van der Waals surface area contributed by atoms with Crippen molar-refractivity contribution < 1.29 is 5.11 Å². The zero-order chi connectivity index (χ0) is 14.9. The fourth-order valence-electron chi connectivity index (χ4n) is 2.53. The summed E-state index contributed by atoms with van der Waals surface area (Å²) in [5.74, 6) is 0. The molecule has 0 aliphatic rings. The van der Waals surface area contributed by atoms with Crippen molar-refractivity contribution in [1.82, 2.24) is 0 Å². The monoisotopic (exact) mass is 294 g/mol. The number of aliphatic hydroxyl groups is 1. The van der Waals surface area contributed by atoms with E-state index in [1.807, 2.05) is 66.0 Å². The Morgan fingerprint density at radius 1 is 0.762 bits per heavy atom. The Kier molecular flexibility index (Phi) is 3.66. The van der Waals surface area contributed by atoms with Crippen LogP contribution in [-0.4, -0.2) is 5.11 Å². The summed E-state index contributed by atoms with van der Waals surface area (Å²) in [5, 5.41) is 13.5. The summed E-state index contributed by atoms with van der Waals surface area (Å²) in [6.45, 7) is 4.11. The number of hydrogen-bond acceptors (Lipinski definition) is 2. The van der Waals surface area contributed by atoms with Crippen molar-refractivity contribution in [1.29, 1.82) is 0 Å². The molecular formula is C19H18OS. The number of benzene rings is 2. The first-order chi connectivity index (χ1) is 10.1. The van der Waals surface area contributed by atoms with Gasteiger partial charge in [0, 0.05) is 4.88 Å². The van der Waals surface area contributed by atoms with E-state index in [0.29, 0.717) is 0 Å². The molecule has 0 spiro atoms. The third-order valence-electron chi connectivity index (χ3n) is 3.82. The van der Waals surface area contributed by atoms with Gasteiger partial charge in [0.15, 0.2) is 0 Å². The van der Waals surface area contributed by atoms with Crippen molar-refractivity contribution in [2.45, 2.75) is 19.4 Å². The molecule has 0 bridgehead atoms. The highest BCUT2D eigenvalue weighted by atomic mass is 32.1. The van der Waals surface area contributed by atoms with Gasteiger partial charge in [-0.1, -0.05) is 65.7 Å². The molecule has 1 heterocycles. The van der Waals surface area contributed by atoms with E-state index in [4.69, 9.17) is 0 Å². The lowest BCUT2D eigenvalue weighted by Crippen LogP contribution is -2.27. The molecule has 0 saturated carbocycles. The lowest BCUT2D eigenvalue weighted by molar-refractivity contribution is 0.129. The highest BCUT2D eigenvalue weighted by Gasteiger charge is 2.34. The summed E-state index contributed by atoms with van der Waals surface area (Å²) in [6, 6.07) is 20.2. The summed E-state index contributed by atoms with van der Waals surface area (Å²) in [5.41, 5.74) is 3.10. The number of hydrogen-bond donors (Lipinski definition) is 1. The van der Waals surface area contributed by atoms with Gasteiger partial charge in [-0.15, -0.1) is 11.3 Å². The van der Waals surface area contributed by atoms with Gasteiger partial charge in [-0.3, -0.25) is 0 Å². The number of aryl methyl sites for hydroxylation is 2. The Bertz CT molecular complexity index is 664. The van der Waals surface area contributed by atoms with Gasteiger partial charge in [-0.2, -0.15) is 0 Å². The van der Waals surface area contributed by atoms with Gasteiger partial charge < -0.3 is 5.11 Å². The molecule has 2 aromatic carbocycles. The first-order valence-electron chi connectivity index (χ1n) is 7.01. The average Bonchev–Trinajstić information content (AvgIpc) is 3.02. The normalized spacial score (nSPS) is 11.6. The van der Waals surface area contributed by atoms with E-state index >= 15 is 0 Å². The molecule has 0 atom stereocenters. The molecule has 0 amide bonds. The lowest BCUT2D eigenvalue weighted by atomic mass is 9.84. The third-order valence-corrected chi connectivity index (χ3v) is 4.80. The van der Waals surface area contributed by atoms with Gasteiger partial charge in [-0.05, 0) is 36.4 Å². The van der Waals surface area contributed by atoms with E-state index in [9.17, 15) is 5.11 Å². The largest absolute Gasteiger partial charge is 0.375 e. The zero-order valence-corrected chi connectivity index (χ0v) is 13.0. The SMILES string of the molecule is Cc1ccc(C(O)(c2ccc(C)cc2)c2cccs2)cc1. The van der Waals surface area contributed by atoms with E-state index < -0.39 is 5.60 Å². The van der Waals surface area contributed by atoms with Gasteiger partial charge in [-0.25, -0.2) is 0 Å². The van der Waals surface area contributed by atoms with Crippen LogP contribution in [0, 0.1) is 13.8 Å². The minimum atomic E-state index is -1.09. The first-order valence-corrected chi connectivity index (χ1v) is 7.89. The summed E-state index contributed by atoms with van der Waals surface area (Å²) < 4.78 is 0. The summed E-state index contributed by atoms with van der Waals surface area (Å²) >= 11 is 1.58. The topological polar surface area (TPSA) is 20.2 Å². The highest BCUT2D eigenvalue weighted by Crippen LogP contribution is 2.39. The van der Waals surface area contributed by atoms with Crippen LogP contribution in [0.2, 0.25) is 0 Å². The van der Waals surface area contributed by atoms with E-state index in [1.165, 1.54) is 11.1 Å². The van der Waals surface area contributed by atoms with Crippen LogP contribution >= 0.6 is 11.3 Å². The van der Waals surface area contributed by atoms with Crippen LogP contribution in [0.3, 0.4) is 0 Å². The molecule has 0 aliphatic carbocycles. The van der Waals surface area contributed by atoms with Crippen LogP contribution in [0.25, 0.3) is 0 Å². The van der Waals surface area contributed by atoms with Gasteiger partial charge >= 0.3 is 0 Å². The molecule has 0 fully saturated rings. The first kappa shape index (κ1) is 14.1. The van der Waals surface area contributed by atoms with Crippen LogP contribution < -0.4 is 0 Å². The molecule has 0 aliphatic heterocycles. The van der Waals surface area contributed by atoms with Crippen molar-refractivity contribution in [3.8, 4) is 0 Å². The predicted molar refractivity (Wildman–Crippen MR) is 88.8 cm³/mol.